The number of allylic oxidation sites excluding steroid dienone is 3. The molecule has 2 heterocycles. The number of methoxy groups -OCH3 is 1. The third kappa shape index (κ3) is 6.05. The Bertz CT molecular complexity index is 1320. The van der Waals surface area contributed by atoms with Gasteiger partial charge in [-0.25, -0.2) is 14.2 Å². The number of nitrogens with zero attached hydrogens (tertiary/aromatic N) is 3. The van der Waals surface area contributed by atoms with Crippen molar-refractivity contribution in [3.8, 4) is 0 Å². The molecule has 0 fully saturated rings. The molecule has 2 aromatic rings. The first-order valence-corrected chi connectivity index (χ1v) is 12.7. The standard InChI is InChI=1S/C25H25ClFN5O4S/c1-36-25(35)20-21(13-2-5-18(28)14(10-13)12-29-7-6-19(33)34)31-23(24-30-8-9-37-24)32-22(20)16-4-3-15(27)11-17(16)26/h3-4,8-9,11-13,22H,2,5-7,10,28H2,1H3,(H,31,32)(H,33,34). The number of carbonyl (C=O) groups excluding carboxylic acids is 1. The van der Waals surface area contributed by atoms with Gasteiger partial charge in [0, 0.05) is 52.2 Å². The molecule has 4 rings (SSSR count). The molecule has 0 amide bonds. The number of aromatic nitrogens is 1. The molecule has 0 bridgehead atoms. The van der Waals surface area contributed by atoms with Gasteiger partial charge in [-0.05, 0) is 37.0 Å². The van der Waals surface area contributed by atoms with Gasteiger partial charge in [-0.1, -0.05) is 17.7 Å². The summed E-state index contributed by atoms with van der Waals surface area (Å²) in [5, 5.41) is 14.7. The maximum Gasteiger partial charge on any atom is 0.338 e. The predicted molar refractivity (Wildman–Crippen MR) is 139 cm³/mol. The van der Waals surface area contributed by atoms with E-state index in [1.54, 1.807) is 12.4 Å². The maximum absolute atomic E-state index is 13.8. The molecule has 37 heavy (non-hydrogen) atoms. The van der Waals surface area contributed by atoms with Gasteiger partial charge in [0.25, 0.3) is 0 Å². The largest absolute Gasteiger partial charge is 0.481 e. The number of carboxylic acid groups (broad SMARTS) is 1. The average Bonchev–Trinajstić information content (AvgIpc) is 3.41. The molecule has 0 spiro atoms. The zero-order valence-electron chi connectivity index (χ0n) is 19.9. The molecule has 0 saturated heterocycles. The molecular formula is C25H25ClFN5O4S. The maximum atomic E-state index is 13.8. The lowest BCUT2D eigenvalue weighted by molar-refractivity contribution is -0.137. The Morgan fingerprint density at radius 3 is 2.92 bits per heavy atom. The molecule has 1 aliphatic carbocycles. The van der Waals surface area contributed by atoms with E-state index in [2.05, 4.69) is 15.3 Å². The monoisotopic (exact) mass is 545 g/mol. The molecule has 4 N–H and O–H groups in total. The van der Waals surface area contributed by atoms with Crippen LogP contribution in [0.25, 0.3) is 0 Å². The topological polar surface area (TPSA) is 139 Å². The number of aliphatic imine (C=N–C) groups is 2. The summed E-state index contributed by atoms with van der Waals surface area (Å²) in [6, 6.07) is 3.11. The van der Waals surface area contributed by atoms with E-state index in [4.69, 9.17) is 32.2 Å². The van der Waals surface area contributed by atoms with Crippen molar-refractivity contribution < 1.29 is 23.8 Å². The van der Waals surface area contributed by atoms with Gasteiger partial charge in [0.05, 0.1) is 19.1 Å². The van der Waals surface area contributed by atoms with Gasteiger partial charge in [0.15, 0.2) is 10.8 Å². The van der Waals surface area contributed by atoms with Crippen LogP contribution in [0.15, 0.2) is 62.3 Å². The minimum absolute atomic E-state index is 0.0833. The number of aliphatic carboxylic acids is 1. The van der Waals surface area contributed by atoms with Crippen LogP contribution < -0.4 is 11.1 Å². The summed E-state index contributed by atoms with van der Waals surface area (Å²) in [4.78, 5) is 37.3. The van der Waals surface area contributed by atoms with E-state index in [-0.39, 0.29) is 29.5 Å². The van der Waals surface area contributed by atoms with E-state index in [9.17, 15) is 14.0 Å². The fraction of sp³-hybridized carbons (Fsp3) is 0.320. The summed E-state index contributed by atoms with van der Waals surface area (Å²) in [5.74, 6) is -1.75. The van der Waals surface area contributed by atoms with Gasteiger partial charge in [0.1, 0.15) is 11.9 Å². The second kappa shape index (κ2) is 11.7. The SMILES string of the molecule is COC(=O)C1=C(C2CCC(N)=C(C=NCCC(=O)O)C2)NC(c2nccs2)=NC1c1ccc(F)cc1Cl. The van der Waals surface area contributed by atoms with Crippen LogP contribution >= 0.6 is 22.9 Å². The smallest absolute Gasteiger partial charge is 0.338 e. The summed E-state index contributed by atoms with van der Waals surface area (Å²) in [5.41, 5.74) is 9.01. The van der Waals surface area contributed by atoms with Crippen molar-refractivity contribution in [2.45, 2.75) is 31.7 Å². The highest BCUT2D eigenvalue weighted by molar-refractivity contribution is 7.11. The van der Waals surface area contributed by atoms with Crippen molar-refractivity contribution in [3.05, 3.63) is 73.7 Å². The van der Waals surface area contributed by atoms with Gasteiger partial charge >= 0.3 is 11.9 Å². The number of nitrogens with two attached hydrogens (primary N) is 1. The van der Waals surface area contributed by atoms with Gasteiger partial charge in [-0.3, -0.25) is 14.8 Å². The van der Waals surface area contributed by atoms with Crippen LogP contribution in [0, 0.1) is 11.7 Å². The van der Waals surface area contributed by atoms with E-state index in [0.29, 0.717) is 47.1 Å². The number of halogens is 2. The first-order chi connectivity index (χ1) is 17.8. The first-order valence-electron chi connectivity index (χ1n) is 11.5. The van der Waals surface area contributed by atoms with Crippen molar-refractivity contribution in [1.82, 2.24) is 10.3 Å². The highest BCUT2D eigenvalue weighted by Crippen LogP contribution is 2.41. The van der Waals surface area contributed by atoms with Crippen LogP contribution in [0.3, 0.4) is 0 Å². The van der Waals surface area contributed by atoms with Crippen molar-refractivity contribution in [2.24, 2.45) is 21.6 Å². The summed E-state index contributed by atoms with van der Waals surface area (Å²) in [7, 11) is 1.29. The van der Waals surface area contributed by atoms with Crippen LogP contribution in [0.1, 0.15) is 42.3 Å². The van der Waals surface area contributed by atoms with Crippen LogP contribution in [0.5, 0.6) is 0 Å². The van der Waals surface area contributed by atoms with Crippen LogP contribution in [-0.2, 0) is 14.3 Å². The number of carboxylic acids is 1. The van der Waals surface area contributed by atoms with Crippen LogP contribution in [-0.4, -0.2) is 47.7 Å². The van der Waals surface area contributed by atoms with Gasteiger partial charge in [-0.15, -0.1) is 11.3 Å². The predicted octanol–water partition coefficient (Wildman–Crippen LogP) is 4.01. The highest BCUT2D eigenvalue weighted by Gasteiger charge is 2.37. The van der Waals surface area contributed by atoms with Crippen molar-refractivity contribution >= 4 is 46.9 Å². The molecule has 1 aromatic carbocycles. The number of amidine groups is 1. The molecule has 9 nitrogen and oxygen atoms in total. The summed E-state index contributed by atoms with van der Waals surface area (Å²) >= 11 is 7.80. The van der Waals surface area contributed by atoms with E-state index >= 15 is 0 Å². The van der Waals surface area contributed by atoms with E-state index in [1.807, 2.05) is 5.38 Å². The van der Waals surface area contributed by atoms with E-state index in [0.717, 1.165) is 5.57 Å². The Labute approximate surface area is 221 Å². The average molecular weight is 546 g/mol. The molecule has 12 heteroatoms. The number of rotatable bonds is 8. The number of benzene rings is 1. The number of thiazole rings is 1. The Morgan fingerprint density at radius 2 is 2.24 bits per heavy atom. The Morgan fingerprint density at radius 1 is 1.43 bits per heavy atom. The number of esters is 1. The quantitative estimate of drug-likeness (QED) is 0.336. The molecule has 2 unspecified atom stereocenters. The van der Waals surface area contributed by atoms with Crippen molar-refractivity contribution in [3.63, 3.8) is 0 Å². The number of carbonyl (C=O) groups is 2. The summed E-state index contributed by atoms with van der Waals surface area (Å²) in [6.07, 6.45) is 4.82. The molecular weight excluding hydrogens is 521 g/mol. The second-order valence-electron chi connectivity index (χ2n) is 8.50. The summed E-state index contributed by atoms with van der Waals surface area (Å²) in [6.45, 7) is 0.136. The lowest BCUT2D eigenvalue weighted by atomic mass is 9.81. The third-order valence-corrected chi connectivity index (χ3v) is 7.23. The van der Waals surface area contributed by atoms with Crippen LogP contribution in [0.2, 0.25) is 5.02 Å². The zero-order valence-corrected chi connectivity index (χ0v) is 21.5. The fourth-order valence-corrected chi connectivity index (χ4v) is 5.18. The number of nitrogens with one attached hydrogen (secondary N) is 1. The van der Waals surface area contributed by atoms with Gasteiger partial charge < -0.3 is 20.9 Å². The van der Waals surface area contributed by atoms with Crippen LogP contribution in [0.4, 0.5) is 4.39 Å². The Balaban J connectivity index is 1.77. The minimum atomic E-state index is -0.931. The highest BCUT2D eigenvalue weighted by atomic mass is 35.5. The Hall–Kier alpha value is -3.57. The number of hydrogen-bond acceptors (Lipinski definition) is 9. The molecule has 2 atom stereocenters. The molecule has 1 aromatic heterocycles. The van der Waals surface area contributed by atoms with Gasteiger partial charge in [0.2, 0.25) is 0 Å². The fourth-order valence-electron chi connectivity index (χ4n) is 4.32. The molecule has 1 aliphatic heterocycles. The normalized spacial score (nSPS) is 20.1. The second-order valence-corrected chi connectivity index (χ2v) is 9.80. The van der Waals surface area contributed by atoms with Gasteiger partial charge in [-0.2, -0.15) is 0 Å². The lowest BCUT2D eigenvalue weighted by Crippen LogP contribution is -2.38. The zero-order chi connectivity index (χ0) is 26.5. The van der Waals surface area contributed by atoms with E-state index in [1.165, 1.54) is 36.6 Å². The van der Waals surface area contributed by atoms with Crippen molar-refractivity contribution in [1.29, 1.82) is 0 Å². The molecule has 2 aliphatic rings. The molecule has 0 saturated carbocycles. The van der Waals surface area contributed by atoms with Crippen molar-refractivity contribution in [2.75, 3.05) is 13.7 Å². The lowest BCUT2D eigenvalue weighted by Gasteiger charge is -2.33. The molecule has 194 valence electrons. The first kappa shape index (κ1) is 26.5. The number of hydrogen-bond donors (Lipinski definition) is 3. The Kier molecular flexibility index (Phi) is 8.34. The third-order valence-electron chi connectivity index (χ3n) is 6.12. The van der Waals surface area contributed by atoms with E-state index < -0.39 is 23.8 Å². The number of ether oxygens (including phenoxy) is 1. The molecule has 0 radical (unpaired) electrons. The summed E-state index contributed by atoms with van der Waals surface area (Å²) < 4.78 is 19.0. The minimum Gasteiger partial charge on any atom is -0.481 e.